The molecule has 1 N–H and O–H groups in total. The lowest BCUT2D eigenvalue weighted by molar-refractivity contribution is -0.0183. The second kappa shape index (κ2) is 3.09. The third kappa shape index (κ3) is 2.43. The largest absolute Gasteiger partial charge is 0.309 e. The average molecular weight is 157 g/mol. The topological polar surface area (TPSA) is 18.5 Å². The van der Waals surface area contributed by atoms with E-state index in [4.69, 9.17) is 0 Å². The van der Waals surface area contributed by atoms with E-state index in [1.54, 1.807) is 0 Å². The maximum atomic E-state index is 3.47. The summed E-state index contributed by atoms with van der Waals surface area (Å²) in [6.45, 7) is 7.78. The molecular formula is C8H19N3. The molecule has 1 rings (SSSR count). The Kier molecular flexibility index (Phi) is 2.52. The molecule has 11 heavy (non-hydrogen) atoms. The predicted octanol–water partition coefficient (Wildman–Crippen LogP) is 0.147. The number of piperazine rings is 1. The Morgan fingerprint density at radius 1 is 1.36 bits per heavy atom. The van der Waals surface area contributed by atoms with E-state index in [2.05, 4.69) is 43.3 Å². The van der Waals surface area contributed by atoms with E-state index in [0.717, 1.165) is 19.6 Å². The van der Waals surface area contributed by atoms with Crippen LogP contribution in [0.5, 0.6) is 0 Å². The molecule has 0 aromatic carbocycles. The Bertz CT molecular complexity index is 131. The Labute approximate surface area is 69.3 Å². The van der Waals surface area contributed by atoms with Crippen molar-refractivity contribution in [3.05, 3.63) is 0 Å². The number of hydrazine groups is 1. The molecule has 1 saturated heterocycles. The molecule has 1 fully saturated rings. The second-order valence-electron chi connectivity index (χ2n) is 4.05. The van der Waals surface area contributed by atoms with Crippen LogP contribution in [0.2, 0.25) is 0 Å². The highest BCUT2D eigenvalue weighted by Crippen LogP contribution is 2.09. The van der Waals surface area contributed by atoms with Crippen LogP contribution in [0.3, 0.4) is 0 Å². The van der Waals surface area contributed by atoms with Crippen molar-refractivity contribution in [3.8, 4) is 0 Å². The van der Waals surface area contributed by atoms with Gasteiger partial charge >= 0.3 is 0 Å². The standard InChI is InChI=1S/C8H19N3/c1-8(2)7-11(10(3)4)6-5-9-8/h9H,5-7H2,1-4H3. The summed E-state index contributed by atoms with van der Waals surface area (Å²) < 4.78 is 0. The molecule has 66 valence electrons. The van der Waals surface area contributed by atoms with Gasteiger partial charge in [0.1, 0.15) is 0 Å². The zero-order valence-electron chi connectivity index (χ0n) is 8.02. The maximum Gasteiger partial charge on any atom is 0.0311 e. The van der Waals surface area contributed by atoms with Gasteiger partial charge in [-0.3, -0.25) is 0 Å². The third-order valence-electron chi connectivity index (χ3n) is 2.12. The average Bonchev–Trinajstić information content (AvgIpc) is 1.85. The van der Waals surface area contributed by atoms with E-state index in [1.165, 1.54) is 0 Å². The molecule has 0 radical (unpaired) electrons. The van der Waals surface area contributed by atoms with Crippen LogP contribution in [-0.4, -0.2) is 49.3 Å². The smallest absolute Gasteiger partial charge is 0.0311 e. The van der Waals surface area contributed by atoms with E-state index in [-0.39, 0.29) is 5.54 Å². The van der Waals surface area contributed by atoms with Crippen molar-refractivity contribution in [1.82, 2.24) is 15.3 Å². The molecule has 0 unspecified atom stereocenters. The summed E-state index contributed by atoms with van der Waals surface area (Å²) in [6.07, 6.45) is 0. The number of rotatable bonds is 1. The summed E-state index contributed by atoms with van der Waals surface area (Å²) in [6, 6.07) is 0. The minimum Gasteiger partial charge on any atom is -0.309 e. The van der Waals surface area contributed by atoms with Gasteiger partial charge in [-0.15, -0.1) is 0 Å². The van der Waals surface area contributed by atoms with Crippen LogP contribution in [-0.2, 0) is 0 Å². The molecule has 0 aliphatic carbocycles. The van der Waals surface area contributed by atoms with Crippen molar-refractivity contribution in [2.45, 2.75) is 19.4 Å². The highest BCUT2D eigenvalue weighted by Gasteiger charge is 2.26. The third-order valence-corrected chi connectivity index (χ3v) is 2.12. The summed E-state index contributed by atoms with van der Waals surface area (Å²) in [4.78, 5) is 0. The first-order valence-corrected chi connectivity index (χ1v) is 4.18. The van der Waals surface area contributed by atoms with Crippen LogP contribution >= 0.6 is 0 Å². The minimum atomic E-state index is 0.266. The second-order valence-corrected chi connectivity index (χ2v) is 4.05. The molecule has 0 amide bonds. The molecule has 0 aromatic heterocycles. The molecule has 1 aliphatic heterocycles. The number of hydrogen-bond acceptors (Lipinski definition) is 3. The molecule has 1 heterocycles. The highest BCUT2D eigenvalue weighted by molar-refractivity contribution is 4.85. The van der Waals surface area contributed by atoms with Crippen LogP contribution in [0.25, 0.3) is 0 Å². The number of hydrogen-bond donors (Lipinski definition) is 1. The van der Waals surface area contributed by atoms with E-state index in [0.29, 0.717) is 0 Å². The van der Waals surface area contributed by atoms with Gasteiger partial charge < -0.3 is 5.32 Å². The Balaban J connectivity index is 2.46. The SMILES string of the molecule is CN(C)N1CCNC(C)(C)C1. The van der Waals surface area contributed by atoms with E-state index in [9.17, 15) is 0 Å². The van der Waals surface area contributed by atoms with Gasteiger partial charge in [-0.2, -0.15) is 0 Å². The van der Waals surface area contributed by atoms with Crippen LogP contribution in [0.15, 0.2) is 0 Å². The van der Waals surface area contributed by atoms with Crippen LogP contribution < -0.4 is 5.32 Å². The summed E-state index contributed by atoms with van der Waals surface area (Å²) in [5.41, 5.74) is 0.266. The molecular weight excluding hydrogens is 138 g/mol. The molecule has 0 bridgehead atoms. The fourth-order valence-electron chi connectivity index (χ4n) is 1.46. The van der Waals surface area contributed by atoms with Gasteiger partial charge in [0.25, 0.3) is 0 Å². The van der Waals surface area contributed by atoms with Crippen molar-refractivity contribution >= 4 is 0 Å². The van der Waals surface area contributed by atoms with Crippen molar-refractivity contribution in [2.75, 3.05) is 33.7 Å². The zero-order valence-corrected chi connectivity index (χ0v) is 8.02. The van der Waals surface area contributed by atoms with Gasteiger partial charge in [0.2, 0.25) is 0 Å². The van der Waals surface area contributed by atoms with Gasteiger partial charge in [-0.05, 0) is 13.8 Å². The monoisotopic (exact) mass is 157 g/mol. The molecule has 3 heteroatoms. The Morgan fingerprint density at radius 2 is 2.00 bits per heavy atom. The van der Waals surface area contributed by atoms with Gasteiger partial charge in [0, 0.05) is 39.3 Å². The van der Waals surface area contributed by atoms with E-state index >= 15 is 0 Å². The lowest BCUT2D eigenvalue weighted by Crippen LogP contribution is -2.60. The maximum absolute atomic E-state index is 3.47. The van der Waals surface area contributed by atoms with Gasteiger partial charge in [-0.1, -0.05) is 0 Å². The van der Waals surface area contributed by atoms with Crippen LogP contribution in [0.4, 0.5) is 0 Å². The molecule has 0 spiro atoms. The van der Waals surface area contributed by atoms with Gasteiger partial charge in [0.05, 0.1) is 0 Å². The quantitative estimate of drug-likeness (QED) is 0.584. The van der Waals surface area contributed by atoms with Crippen molar-refractivity contribution in [1.29, 1.82) is 0 Å². The fourth-order valence-corrected chi connectivity index (χ4v) is 1.46. The molecule has 1 aliphatic rings. The Hall–Kier alpha value is -0.120. The van der Waals surface area contributed by atoms with E-state index in [1.807, 2.05) is 0 Å². The van der Waals surface area contributed by atoms with Crippen molar-refractivity contribution < 1.29 is 0 Å². The number of nitrogens with zero attached hydrogens (tertiary/aromatic N) is 2. The molecule has 0 aromatic rings. The Morgan fingerprint density at radius 3 is 2.36 bits per heavy atom. The van der Waals surface area contributed by atoms with Crippen molar-refractivity contribution in [2.24, 2.45) is 0 Å². The normalized spacial score (nSPS) is 25.9. The fraction of sp³-hybridized carbons (Fsp3) is 1.00. The number of nitrogens with one attached hydrogen (secondary N) is 1. The molecule has 0 saturated carbocycles. The first-order chi connectivity index (χ1) is 5.01. The van der Waals surface area contributed by atoms with Crippen LogP contribution in [0.1, 0.15) is 13.8 Å². The molecule has 3 nitrogen and oxygen atoms in total. The molecule has 0 atom stereocenters. The first-order valence-electron chi connectivity index (χ1n) is 4.18. The van der Waals surface area contributed by atoms with Crippen LogP contribution in [0, 0.1) is 0 Å². The highest BCUT2D eigenvalue weighted by atomic mass is 15.6. The lowest BCUT2D eigenvalue weighted by Gasteiger charge is -2.41. The van der Waals surface area contributed by atoms with Crippen molar-refractivity contribution in [3.63, 3.8) is 0 Å². The summed E-state index contributed by atoms with van der Waals surface area (Å²) in [5, 5.41) is 8.00. The summed E-state index contributed by atoms with van der Waals surface area (Å²) in [7, 11) is 4.20. The van der Waals surface area contributed by atoms with E-state index < -0.39 is 0 Å². The zero-order chi connectivity index (χ0) is 8.48. The van der Waals surface area contributed by atoms with Gasteiger partial charge in [-0.25, -0.2) is 10.0 Å². The predicted molar refractivity (Wildman–Crippen MR) is 47.3 cm³/mol. The first kappa shape index (κ1) is 8.97. The minimum absolute atomic E-state index is 0.266. The summed E-state index contributed by atoms with van der Waals surface area (Å²) >= 11 is 0. The lowest BCUT2D eigenvalue weighted by atomic mass is 10.0. The summed E-state index contributed by atoms with van der Waals surface area (Å²) in [5.74, 6) is 0. The van der Waals surface area contributed by atoms with Gasteiger partial charge in [0.15, 0.2) is 0 Å².